The second kappa shape index (κ2) is 5.68. The van der Waals surface area contributed by atoms with Crippen molar-refractivity contribution in [1.29, 1.82) is 0 Å². The monoisotopic (exact) mass is 327 g/mol. The van der Waals surface area contributed by atoms with Crippen LogP contribution < -0.4 is 20.6 Å². The Morgan fingerprint density at radius 3 is 2.23 bits per heavy atom. The predicted octanol–water partition coefficient (Wildman–Crippen LogP) is 1.81. The minimum Gasteiger partial charge on any atom is -0.351 e. The fourth-order valence-electron chi connectivity index (χ4n) is 2.05. The first-order chi connectivity index (χ1) is 10.1. The van der Waals surface area contributed by atoms with E-state index in [4.69, 9.17) is 5.73 Å². The summed E-state index contributed by atoms with van der Waals surface area (Å²) < 4.78 is 13.9. The number of carbonyl (C=O) groups is 1. The van der Waals surface area contributed by atoms with Crippen LogP contribution in [0.5, 0.6) is 0 Å². The Morgan fingerprint density at radius 1 is 1.32 bits per heavy atom. The van der Waals surface area contributed by atoms with Crippen LogP contribution in [0.15, 0.2) is 24.3 Å². The van der Waals surface area contributed by atoms with Gasteiger partial charge in [0.05, 0.1) is 10.6 Å². The average molecular weight is 327 g/mol. The summed E-state index contributed by atoms with van der Waals surface area (Å²) >= 11 is 0. The smallest absolute Gasteiger partial charge is 0.326 e. The molecule has 4 N–H and O–H groups in total. The van der Waals surface area contributed by atoms with Crippen LogP contribution >= 0.6 is 7.59 Å². The number of anilines is 1. The third-order valence-corrected chi connectivity index (χ3v) is 5.50. The lowest BCUT2D eigenvalue weighted by Crippen LogP contribution is -2.51. The molecule has 1 saturated heterocycles. The standard InChI is InChI=1S/C12H18N5O4P/c1-12(2)7-14-22(21,15-8-12)16(11(13)18)9-3-5-10(6-4-9)17(19)20/h3-6H,7-8H2,1-2H3,(H2,13,18)(H2,14,15,21). The van der Waals surface area contributed by atoms with Gasteiger partial charge in [0.2, 0.25) is 0 Å². The fraction of sp³-hybridized carbons (Fsp3) is 0.417. The van der Waals surface area contributed by atoms with E-state index in [1.165, 1.54) is 24.3 Å². The van der Waals surface area contributed by atoms with E-state index in [1.54, 1.807) is 0 Å². The molecule has 1 aromatic carbocycles. The molecule has 1 aromatic rings. The number of non-ortho nitro benzene ring substituents is 1. The molecule has 0 spiro atoms. The number of rotatable bonds is 3. The fourth-order valence-corrected chi connectivity index (χ4v) is 4.46. The molecule has 2 rings (SSSR count). The molecule has 0 radical (unpaired) electrons. The van der Waals surface area contributed by atoms with Gasteiger partial charge < -0.3 is 5.73 Å². The first-order valence-electron chi connectivity index (χ1n) is 6.59. The number of nitro groups is 1. The Balaban J connectivity index is 2.33. The Kier molecular flexibility index (Phi) is 4.23. The van der Waals surface area contributed by atoms with Crippen LogP contribution in [-0.4, -0.2) is 24.0 Å². The molecule has 0 unspecified atom stereocenters. The van der Waals surface area contributed by atoms with Gasteiger partial charge in [-0.2, -0.15) is 0 Å². The lowest BCUT2D eigenvalue weighted by Gasteiger charge is -2.40. The van der Waals surface area contributed by atoms with Crippen LogP contribution in [0, 0.1) is 15.5 Å². The predicted molar refractivity (Wildman–Crippen MR) is 82.6 cm³/mol. The number of carbonyl (C=O) groups excluding carboxylic acids is 1. The van der Waals surface area contributed by atoms with Crippen molar-refractivity contribution in [2.24, 2.45) is 11.1 Å². The quantitative estimate of drug-likeness (QED) is 0.441. The van der Waals surface area contributed by atoms with E-state index in [0.29, 0.717) is 13.1 Å². The van der Waals surface area contributed by atoms with E-state index >= 15 is 0 Å². The Bertz CT molecular complexity index is 631. The largest absolute Gasteiger partial charge is 0.351 e. The maximum atomic E-state index is 13.0. The van der Waals surface area contributed by atoms with Gasteiger partial charge in [0.25, 0.3) is 5.69 Å². The summed E-state index contributed by atoms with van der Waals surface area (Å²) in [5, 5.41) is 16.4. The minimum atomic E-state index is -3.43. The number of urea groups is 1. The third-order valence-electron chi connectivity index (χ3n) is 3.34. The number of primary amides is 1. The van der Waals surface area contributed by atoms with Crippen LogP contribution in [0.1, 0.15) is 13.8 Å². The van der Waals surface area contributed by atoms with Crippen molar-refractivity contribution < 1.29 is 14.3 Å². The second-order valence-corrected chi connectivity index (χ2v) is 8.02. The lowest BCUT2D eigenvalue weighted by atomic mass is 9.94. The molecule has 0 aliphatic carbocycles. The number of amides is 2. The van der Waals surface area contributed by atoms with E-state index in [9.17, 15) is 19.5 Å². The molecule has 0 atom stereocenters. The van der Waals surface area contributed by atoms with Gasteiger partial charge in [-0.15, -0.1) is 0 Å². The van der Waals surface area contributed by atoms with Gasteiger partial charge in [-0.3, -0.25) is 14.7 Å². The SMILES string of the molecule is CC1(C)CNP(=O)(N(C(N)=O)c2ccc([N+](=O)[O-])cc2)NC1. The summed E-state index contributed by atoms with van der Waals surface area (Å²) in [5.41, 5.74) is 5.33. The van der Waals surface area contributed by atoms with E-state index in [-0.39, 0.29) is 16.8 Å². The highest BCUT2D eigenvalue weighted by atomic mass is 31.2. The van der Waals surface area contributed by atoms with Crippen molar-refractivity contribution in [1.82, 2.24) is 10.2 Å². The molecule has 22 heavy (non-hydrogen) atoms. The summed E-state index contributed by atoms with van der Waals surface area (Å²) in [6, 6.07) is 4.23. The molecule has 1 aliphatic rings. The van der Waals surface area contributed by atoms with E-state index < -0.39 is 18.5 Å². The molecule has 10 heteroatoms. The number of nitrogens with two attached hydrogens (primary N) is 1. The first kappa shape index (κ1) is 16.4. The zero-order valence-corrected chi connectivity index (χ0v) is 13.2. The second-order valence-electron chi connectivity index (χ2n) is 5.83. The summed E-state index contributed by atoms with van der Waals surface area (Å²) in [6.07, 6.45) is 0. The molecule has 1 aliphatic heterocycles. The number of nitrogens with one attached hydrogen (secondary N) is 2. The van der Waals surface area contributed by atoms with Gasteiger partial charge in [0.15, 0.2) is 0 Å². The highest BCUT2D eigenvalue weighted by Gasteiger charge is 2.40. The summed E-state index contributed by atoms with van der Waals surface area (Å²) in [4.78, 5) is 21.9. The van der Waals surface area contributed by atoms with Crippen molar-refractivity contribution >= 4 is 25.0 Å². The normalized spacial score (nSPS) is 19.4. The molecule has 120 valence electrons. The molecule has 1 fully saturated rings. The van der Waals surface area contributed by atoms with Crippen molar-refractivity contribution in [2.45, 2.75) is 13.8 Å². The topological polar surface area (TPSA) is 131 Å². The number of nitro benzene ring substituents is 1. The lowest BCUT2D eigenvalue weighted by molar-refractivity contribution is -0.384. The molecule has 2 amide bonds. The van der Waals surface area contributed by atoms with Crippen LogP contribution in [0.4, 0.5) is 16.2 Å². The van der Waals surface area contributed by atoms with E-state index in [0.717, 1.165) is 4.67 Å². The number of benzene rings is 1. The molecule has 1 heterocycles. The summed E-state index contributed by atoms with van der Waals surface area (Å²) in [5.74, 6) is 0. The van der Waals surface area contributed by atoms with Gasteiger partial charge in [-0.1, -0.05) is 13.8 Å². The Labute approximate surface area is 127 Å². The Hall–Kier alpha value is -1.96. The van der Waals surface area contributed by atoms with E-state index in [1.807, 2.05) is 13.8 Å². The highest BCUT2D eigenvalue weighted by Crippen LogP contribution is 2.47. The van der Waals surface area contributed by atoms with Crippen LogP contribution in [0.25, 0.3) is 0 Å². The van der Waals surface area contributed by atoms with Gasteiger partial charge >= 0.3 is 13.6 Å². The van der Waals surface area contributed by atoms with Crippen molar-refractivity contribution in [3.8, 4) is 0 Å². The molecular formula is C12H18N5O4P. The molecule has 0 bridgehead atoms. The third kappa shape index (κ3) is 3.27. The zero-order chi connectivity index (χ0) is 16.5. The van der Waals surface area contributed by atoms with Crippen molar-refractivity contribution in [2.75, 3.05) is 17.8 Å². The summed E-state index contributed by atoms with van der Waals surface area (Å²) in [7, 11) is -3.43. The maximum Gasteiger partial charge on any atom is 0.326 e. The van der Waals surface area contributed by atoms with E-state index in [2.05, 4.69) is 10.2 Å². The zero-order valence-electron chi connectivity index (χ0n) is 12.3. The summed E-state index contributed by atoms with van der Waals surface area (Å²) in [6.45, 7) is 4.84. The van der Waals surface area contributed by atoms with Gasteiger partial charge in [0, 0.05) is 25.2 Å². The Morgan fingerprint density at radius 2 is 1.82 bits per heavy atom. The number of nitrogens with zero attached hydrogens (tertiary/aromatic N) is 2. The first-order valence-corrected chi connectivity index (χ1v) is 8.25. The number of hydrogen-bond acceptors (Lipinski definition) is 4. The number of hydrogen-bond donors (Lipinski definition) is 3. The van der Waals surface area contributed by atoms with Gasteiger partial charge in [-0.25, -0.2) is 19.6 Å². The van der Waals surface area contributed by atoms with Crippen molar-refractivity contribution in [3.05, 3.63) is 34.4 Å². The molecule has 0 aromatic heterocycles. The molecular weight excluding hydrogens is 309 g/mol. The minimum absolute atomic E-state index is 0.118. The van der Waals surface area contributed by atoms with Crippen LogP contribution in [-0.2, 0) is 4.57 Å². The van der Waals surface area contributed by atoms with Crippen LogP contribution in [0.2, 0.25) is 0 Å². The maximum absolute atomic E-state index is 13.0. The molecule has 9 nitrogen and oxygen atoms in total. The van der Waals surface area contributed by atoms with Crippen LogP contribution in [0.3, 0.4) is 0 Å². The molecule has 0 saturated carbocycles. The van der Waals surface area contributed by atoms with Gasteiger partial charge in [-0.05, 0) is 17.5 Å². The highest BCUT2D eigenvalue weighted by molar-refractivity contribution is 7.62. The van der Waals surface area contributed by atoms with Crippen molar-refractivity contribution in [3.63, 3.8) is 0 Å². The van der Waals surface area contributed by atoms with Gasteiger partial charge in [0.1, 0.15) is 0 Å². The average Bonchev–Trinajstić information content (AvgIpc) is 2.43.